The third-order valence-corrected chi connectivity index (χ3v) is 6.24. The van der Waals surface area contributed by atoms with E-state index in [1.54, 1.807) is 18.6 Å². The molecule has 126 valence electrons. The van der Waals surface area contributed by atoms with Gasteiger partial charge < -0.3 is 10.2 Å². The van der Waals surface area contributed by atoms with Crippen molar-refractivity contribution < 1.29 is 4.79 Å². The topological polar surface area (TPSA) is 58.1 Å². The van der Waals surface area contributed by atoms with Crippen LogP contribution >= 0.6 is 11.8 Å². The Bertz CT molecular complexity index is 505. The van der Waals surface area contributed by atoms with Gasteiger partial charge in [0.25, 0.3) is 0 Å². The molecule has 23 heavy (non-hydrogen) atoms. The minimum atomic E-state index is 0.146. The molecule has 2 heterocycles. The summed E-state index contributed by atoms with van der Waals surface area (Å²) in [6.07, 6.45) is 14.1. The van der Waals surface area contributed by atoms with Crippen LogP contribution < -0.4 is 10.2 Å². The molecule has 2 fully saturated rings. The lowest BCUT2D eigenvalue weighted by Gasteiger charge is -2.35. The molecule has 2 aliphatic rings. The first kappa shape index (κ1) is 16.6. The largest absolute Gasteiger partial charge is 0.355 e. The quantitative estimate of drug-likeness (QED) is 0.917. The zero-order chi connectivity index (χ0) is 16.1. The smallest absolute Gasteiger partial charge is 0.223 e. The van der Waals surface area contributed by atoms with Crippen LogP contribution in [0.1, 0.15) is 38.5 Å². The Labute approximate surface area is 142 Å². The van der Waals surface area contributed by atoms with Crippen LogP contribution in [-0.2, 0) is 4.79 Å². The van der Waals surface area contributed by atoms with Crippen LogP contribution in [0.15, 0.2) is 18.6 Å². The van der Waals surface area contributed by atoms with Gasteiger partial charge in [-0.25, -0.2) is 4.98 Å². The lowest BCUT2D eigenvalue weighted by molar-refractivity contribution is -0.126. The Morgan fingerprint density at radius 2 is 2.00 bits per heavy atom. The Balaban J connectivity index is 1.50. The van der Waals surface area contributed by atoms with Gasteiger partial charge in [-0.05, 0) is 31.9 Å². The van der Waals surface area contributed by atoms with Gasteiger partial charge >= 0.3 is 0 Å². The molecule has 0 radical (unpaired) electrons. The van der Waals surface area contributed by atoms with Gasteiger partial charge in [0.15, 0.2) is 0 Å². The highest BCUT2D eigenvalue weighted by Crippen LogP contribution is 2.28. The molecule has 1 saturated heterocycles. The van der Waals surface area contributed by atoms with Crippen LogP contribution in [0.2, 0.25) is 0 Å². The first-order valence-corrected chi connectivity index (χ1v) is 9.91. The minimum absolute atomic E-state index is 0.146. The highest BCUT2D eigenvalue weighted by Gasteiger charge is 2.30. The van der Waals surface area contributed by atoms with Crippen molar-refractivity contribution in [3.8, 4) is 0 Å². The molecule has 1 aromatic rings. The molecular formula is C17H26N4OS. The van der Waals surface area contributed by atoms with Crippen molar-refractivity contribution in [2.45, 2.75) is 49.8 Å². The molecule has 1 N–H and O–H groups in total. The van der Waals surface area contributed by atoms with E-state index in [0.29, 0.717) is 11.3 Å². The average molecular weight is 334 g/mol. The molecule has 2 unspecified atom stereocenters. The molecule has 2 atom stereocenters. The van der Waals surface area contributed by atoms with Crippen molar-refractivity contribution in [1.82, 2.24) is 15.3 Å². The second kappa shape index (κ2) is 7.99. The molecule has 1 amide bonds. The zero-order valence-corrected chi connectivity index (χ0v) is 14.6. The SMILES string of the molecule is CSC1CCCCC1NC(=O)C1CCN(c2cnccn2)CC1. The Morgan fingerprint density at radius 3 is 2.70 bits per heavy atom. The second-order valence-corrected chi connectivity index (χ2v) is 7.58. The van der Waals surface area contributed by atoms with Crippen LogP contribution in [0.3, 0.4) is 0 Å². The normalized spacial score (nSPS) is 26.0. The molecule has 0 aromatic carbocycles. The first-order valence-electron chi connectivity index (χ1n) is 8.62. The number of hydrogen-bond acceptors (Lipinski definition) is 5. The van der Waals surface area contributed by atoms with Gasteiger partial charge in [0, 0.05) is 42.7 Å². The number of carbonyl (C=O) groups is 1. The van der Waals surface area contributed by atoms with Crippen molar-refractivity contribution in [2.24, 2.45) is 5.92 Å². The van der Waals surface area contributed by atoms with Gasteiger partial charge in [0.2, 0.25) is 5.91 Å². The summed E-state index contributed by atoms with van der Waals surface area (Å²) in [5.41, 5.74) is 0. The monoisotopic (exact) mass is 334 g/mol. The number of rotatable bonds is 4. The fraction of sp³-hybridized carbons (Fsp3) is 0.706. The van der Waals surface area contributed by atoms with E-state index in [0.717, 1.165) is 38.2 Å². The molecule has 1 aromatic heterocycles. The summed E-state index contributed by atoms with van der Waals surface area (Å²) in [5, 5.41) is 3.93. The maximum atomic E-state index is 12.6. The molecular weight excluding hydrogens is 308 g/mol. The van der Waals surface area contributed by atoms with E-state index in [1.807, 2.05) is 11.8 Å². The van der Waals surface area contributed by atoms with Crippen molar-refractivity contribution in [3.63, 3.8) is 0 Å². The van der Waals surface area contributed by atoms with Gasteiger partial charge in [-0.1, -0.05) is 12.8 Å². The summed E-state index contributed by atoms with van der Waals surface area (Å²) in [5.74, 6) is 1.32. The number of amides is 1. The number of carbonyl (C=O) groups excluding carboxylic acids is 1. The van der Waals surface area contributed by atoms with E-state index >= 15 is 0 Å². The Morgan fingerprint density at radius 1 is 1.22 bits per heavy atom. The standard InChI is InChI=1S/C17H26N4OS/c1-23-15-5-3-2-4-14(15)20-17(22)13-6-10-21(11-7-13)16-12-18-8-9-19-16/h8-9,12-15H,2-7,10-11H2,1H3,(H,20,22). The van der Waals surface area contributed by atoms with E-state index < -0.39 is 0 Å². The molecule has 3 rings (SSSR count). The predicted molar refractivity (Wildman–Crippen MR) is 94.7 cm³/mol. The van der Waals surface area contributed by atoms with Crippen molar-refractivity contribution in [3.05, 3.63) is 18.6 Å². The molecule has 1 aliphatic carbocycles. The summed E-state index contributed by atoms with van der Waals surface area (Å²) in [7, 11) is 0. The number of hydrogen-bond donors (Lipinski definition) is 1. The minimum Gasteiger partial charge on any atom is -0.355 e. The van der Waals surface area contributed by atoms with Gasteiger partial charge in [0.1, 0.15) is 5.82 Å². The lowest BCUT2D eigenvalue weighted by atomic mass is 9.92. The number of anilines is 1. The zero-order valence-electron chi connectivity index (χ0n) is 13.8. The maximum absolute atomic E-state index is 12.6. The number of nitrogens with one attached hydrogen (secondary N) is 1. The third-order valence-electron chi connectivity index (χ3n) is 5.07. The van der Waals surface area contributed by atoms with Crippen LogP contribution in [0.25, 0.3) is 0 Å². The van der Waals surface area contributed by atoms with Gasteiger partial charge in [-0.15, -0.1) is 0 Å². The molecule has 0 bridgehead atoms. The van der Waals surface area contributed by atoms with E-state index in [2.05, 4.69) is 26.4 Å². The van der Waals surface area contributed by atoms with E-state index in [9.17, 15) is 4.79 Å². The highest BCUT2D eigenvalue weighted by atomic mass is 32.2. The first-order chi connectivity index (χ1) is 11.3. The third kappa shape index (κ3) is 4.16. The average Bonchev–Trinajstić information content (AvgIpc) is 2.63. The maximum Gasteiger partial charge on any atom is 0.223 e. The number of nitrogens with zero attached hydrogens (tertiary/aromatic N) is 3. The molecule has 5 nitrogen and oxygen atoms in total. The van der Waals surface area contributed by atoms with Crippen LogP contribution in [-0.4, -0.2) is 46.5 Å². The summed E-state index contributed by atoms with van der Waals surface area (Å²) in [4.78, 5) is 23.3. The number of piperidine rings is 1. The number of thioether (sulfide) groups is 1. The van der Waals surface area contributed by atoms with Crippen molar-refractivity contribution in [2.75, 3.05) is 24.2 Å². The van der Waals surface area contributed by atoms with E-state index in [4.69, 9.17) is 0 Å². The van der Waals surface area contributed by atoms with Crippen molar-refractivity contribution >= 4 is 23.5 Å². The lowest BCUT2D eigenvalue weighted by Crippen LogP contribution is -2.48. The molecule has 1 saturated carbocycles. The fourth-order valence-corrected chi connectivity index (χ4v) is 4.60. The Hall–Kier alpha value is -1.30. The van der Waals surface area contributed by atoms with Crippen LogP contribution in [0.4, 0.5) is 5.82 Å². The predicted octanol–water partition coefficient (Wildman–Crippen LogP) is 2.48. The second-order valence-electron chi connectivity index (χ2n) is 6.50. The fourth-order valence-electron chi connectivity index (χ4n) is 3.67. The molecule has 6 heteroatoms. The molecule has 0 spiro atoms. The molecule has 1 aliphatic heterocycles. The summed E-state index contributed by atoms with van der Waals surface area (Å²) < 4.78 is 0. The highest BCUT2D eigenvalue weighted by molar-refractivity contribution is 7.99. The van der Waals surface area contributed by atoms with Crippen molar-refractivity contribution in [1.29, 1.82) is 0 Å². The van der Waals surface area contributed by atoms with Crippen LogP contribution in [0.5, 0.6) is 0 Å². The van der Waals surface area contributed by atoms with Gasteiger partial charge in [0.05, 0.1) is 6.20 Å². The summed E-state index contributed by atoms with van der Waals surface area (Å²) in [6.45, 7) is 1.76. The van der Waals surface area contributed by atoms with Gasteiger partial charge in [-0.2, -0.15) is 11.8 Å². The summed E-state index contributed by atoms with van der Waals surface area (Å²) in [6, 6.07) is 0.365. The number of aromatic nitrogens is 2. The van der Waals surface area contributed by atoms with E-state index in [1.165, 1.54) is 19.3 Å². The Kier molecular flexibility index (Phi) is 5.75. The van der Waals surface area contributed by atoms with E-state index in [-0.39, 0.29) is 11.8 Å². The van der Waals surface area contributed by atoms with Gasteiger partial charge in [-0.3, -0.25) is 9.78 Å². The van der Waals surface area contributed by atoms with Crippen LogP contribution in [0, 0.1) is 5.92 Å². The summed E-state index contributed by atoms with van der Waals surface area (Å²) >= 11 is 1.90.